The highest BCUT2D eigenvalue weighted by molar-refractivity contribution is 5.89. The van der Waals surface area contributed by atoms with Gasteiger partial charge in [0.2, 0.25) is 5.91 Å². The smallest absolute Gasteiger partial charge is 0.339 e. The van der Waals surface area contributed by atoms with Gasteiger partial charge >= 0.3 is 5.63 Å². The SMILES string of the molecule is Cc1cc(OCC(=O)NCC(=O)N2CC[C@]3(O)CCCC[C@H]3C2)c2c3c(c(=O)oc2c1)CCCC3. The molecule has 35 heavy (non-hydrogen) atoms. The van der Waals surface area contributed by atoms with E-state index in [0.717, 1.165) is 61.5 Å². The fourth-order valence-electron chi connectivity index (χ4n) is 6.06. The Labute approximate surface area is 204 Å². The monoisotopic (exact) mass is 482 g/mol. The summed E-state index contributed by atoms with van der Waals surface area (Å²) in [7, 11) is 0. The summed E-state index contributed by atoms with van der Waals surface area (Å²) in [4.78, 5) is 39.4. The molecule has 0 radical (unpaired) electrons. The van der Waals surface area contributed by atoms with Crippen LogP contribution >= 0.6 is 0 Å². The number of carbonyl (C=O) groups is 2. The molecule has 5 rings (SSSR count). The standard InChI is InChI=1S/C27H34N2O6/c1-17-12-21(25-19-7-2-3-8-20(19)26(32)35-22(25)13-17)34-16-23(30)28-14-24(31)29-11-10-27(33)9-5-4-6-18(27)15-29/h12-13,18,33H,2-11,14-16H2,1H3,(H,28,30)/t18-,27+/m0/s1. The maximum absolute atomic E-state index is 12.7. The van der Waals surface area contributed by atoms with Gasteiger partial charge in [-0.05, 0) is 75.1 Å². The Balaban J connectivity index is 1.21. The molecule has 1 saturated heterocycles. The number of rotatable bonds is 5. The number of aryl methyl sites for hydroxylation is 2. The van der Waals surface area contributed by atoms with Gasteiger partial charge in [-0.3, -0.25) is 9.59 Å². The quantitative estimate of drug-likeness (QED) is 0.634. The number of hydrogen-bond donors (Lipinski definition) is 2. The lowest BCUT2D eigenvalue weighted by molar-refractivity contribution is -0.143. The molecule has 1 aromatic carbocycles. The largest absolute Gasteiger partial charge is 0.483 e. The molecular weight excluding hydrogens is 448 g/mol. The van der Waals surface area contributed by atoms with Crippen LogP contribution in [0.25, 0.3) is 11.0 Å². The summed E-state index contributed by atoms with van der Waals surface area (Å²) < 4.78 is 11.5. The van der Waals surface area contributed by atoms with Gasteiger partial charge in [0.15, 0.2) is 6.61 Å². The average molecular weight is 483 g/mol. The van der Waals surface area contributed by atoms with Crippen molar-refractivity contribution < 1.29 is 23.8 Å². The van der Waals surface area contributed by atoms with Crippen molar-refractivity contribution in [3.8, 4) is 5.75 Å². The predicted molar refractivity (Wildman–Crippen MR) is 130 cm³/mol. The molecule has 0 spiro atoms. The maximum Gasteiger partial charge on any atom is 0.339 e. The molecule has 1 aromatic heterocycles. The summed E-state index contributed by atoms with van der Waals surface area (Å²) in [5.74, 6) is 0.123. The number of benzene rings is 1. The molecule has 2 aromatic rings. The van der Waals surface area contributed by atoms with Gasteiger partial charge in [-0.2, -0.15) is 0 Å². The third kappa shape index (κ3) is 4.81. The Morgan fingerprint density at radius 3 is 2.80 bits per heavy atom. The summed E-state index contributed by atoms with van der Waals surface area (Å²) in [6.07, 6.45) is 7.91. The number of hydrogen-bond acceptors (Lipinski definition) is 6. The average Bonchev–Trinajstić information content (AvgIpc) is 2.85. The van der Waals surface area contributed by atoms with Crippen LogP contribution in [0.1, 0.15) is 61.6 Å². The number of nitrogens with zero attached hydrogens (tertiary/aromatic N) is 1. The lowest BCUT2D eigenvalue weighted by Gasteiger charge is -2.47. The molecule has 2 atom stereocenters. The molecular formula is C27H34N2O6. The van der Waals surface area contributed by atoms with Crippen molar-refractivity contribution in [3.05, 3.63) is 39.2 Å². The number of carbonyl (C=O) groups excluding carboxylic acids is 2. The lowest BCUT2D eigenvalue weighted by Crippen LogP contribution is -2.56. The zero-order valence-corrected chi connectivity index (χ0v) is 20.4. The first-order valence-electron chi connectivity index (χ1n) is 12.8. The number of aliphatic hydroxyl groups is 1. The second kappa shape index (κ2) is 9.64. The number of amides is 2. The first kappa shape index (κ1) is 23.9. The van der Waals surface area contributed by atoms with Crippen molar-refractivity contribution in [3.63, 3.8) is 0 Å². The number of likely N-dealkylation sites (tertiary alicyclic amines) is 1. The Bertz CT molecular complexity index is 1200. The van der Waals surface area contributed by atoms with Gasteiger partial charge in [0.1, 0.15) is 11.3 Å². The molecule has 8 nitrogen and oxygen atoms in total. The first-order valence-corrected chi connectivity index (χ1v) is 12.8. The number of ether oxygens (including phenoxy) is 1. The van der Waals surface area contributed by atoms with Crippen molar-refractivity contribution in [2.75, 3.05) is 26.2 Å². The molecule has 2 aliphatic carbocycles. The maximum atomic E-state index is 12.7. The second-order valence-corrected chi connectivity index (χ2v) is 10.4. The molecule has 2 heterocycles. The molecule has 188 valence electrons. The highest BCUT2D eigenvalue weighted by Crippen LogP contribution is 2.39. The predicted octanol–water partition coefficient (Wildman–Crippen LogP) is 2.63. The molecule has 0 bridgehead atoms. The normalized spacial score (nSPS) is 23.9. The van der Waals surface area contributed by atoms with Gasteiger partial charge in [-0.15, -0.1) is 0 Å². The van der Waals surface area contributed by atoms with Crippen LogP contribution in [0.15, 0.2) is 21.3 Å². The Morgan fingerprint density at radius 2 is 1.97 bits per heavy atom. The molecule has 3 aliphatic rings. The molecule has 1 aliphatic heterocycles. The highest BCUT2D eigenvalue weighted by atomic mass is 16.5. The Kier molecular flexibility index (Phi) is 6.57. The van der Waals surface area contributed by atoms with Crippen LogP contribution in [0.3, 0.4) is 0 Å². The molecule has 2 amide bonds. The summed E-state index contributed by atoms with van der Waals surface area (Å²) in [5, 5.41) is 14.3. The minimum absolute atomic E-state index is 0.0911. The lowest BCUT2D eigenvalue weighted by atomic mass is 9.71. The fraction of sp³-hybridized carbons (Fsp3) is 0.593. The van der Waals surface area contributed by atoms with E-state index in [2.05, 4.69) is 5.32 Å². The van der Waals surface area contributed by atoms with Gasteiger partial charge in [0, 0.05) is 24.6 Å². The van der Waals surface area contributed by atoms with Gasteiger partial charge in [-0.25, -0.2) is 4.79 Å². The van der Waals surface area contributed by atoms with Crippen LogP contribution < -0.4 is 15.7 Å². The first-order chi connectivity index (χ1) is 16.8. The van der Waals surface area contributed by atoms with Crippen molar-refractivity contribution in [1.29, 1.82) is 0 Å². The zero-order valence-electron chi connectivity index (χ0n) is 20.4. The summed E-state index contributed by atoms with van der Waals surface area (Å²) in [6, 6.07) is 3.68. The highest BCUT2D eigenvalue weighted by Gasteiger charge is 2.43. The van der Waals surface area contributed by atoms with Crippen LogP contribution in [-0.2, 0) is 22.4 Å². The zero-order chi connectivity index (χ0) is 24.6. The van der Waals surface area contributed by atoms with Crippen molar-refractivity contribution >= 4 is 22.8 Å². The molecule has 0 unspecified atom stereocenters. The van der Waals surface area contributed by atoms with Gasteiger partial charge in [0.05, 0.1) is 17.5 Å². The fourth-order valence-corrected chi connectivity index (χ4v) is 6.06. The van der Waals surface area contributed by atoms with Crippen LogP contribution in [0.2, 0.25) is 0 Å². The van der Waals surface area contributed by atoms with Crippen LogP contribution in [0, 0.1) is 12.8 Å². The topological polar surface area (TPSA) is 109 Å². The van der Waals surface area contributed by atoms with E-state index in [1.54, 1.807) is 4.90 Å². The number of nitrogens with one attached hydrogen (secondary N) is 1. The summed E-state index contributed by atoms with van der Waals surface area (Å²) >= 11 is 0. The molecule has 1 saturated carbocycles. The number of fused-ring (bicyclic) bond motifs is 4. The van der Waals surface area contributed by atoms with Gasteiger partial charge < -0.3 is 24.5 Å². The van der Waals surface area contributed by atoms with E-state index >= 15 is 0 Å². The van der Waals surface area contributed by atoms with Crippen LogP contribution in [-0.4, -0.2) is 53.7 Å². The minimum atomic E-state index is -0.638. The van der Waals surface area contributed by atoms with Gasteiger partial charge in [0.25, 0.3) is 5.91 Å². The van der Waals surface area contributed by atoms with E-state index in [4.69, 9.17) is 9.15 Å². The summed E-state index contributed by atoms with van der Waals surface area (Å²) in [5.41, 5.74) is 2.09. The second-order valence-electron chi connectivity index (χ2n) is 10.4. The van der Waals surface area contributed by atoms with E-state index in [9.17, 15) is 19.5 Å². The Hall–Kier alpha value is -2.87. The van der Waals surface area contributed by atoms with Crippen molar-refractivity contribution in [2.24, 2.45) is 5.92 Å². The van der Waals surface area contributed by atoms with E-state index in [1.807, 2.05) is 19.1 Å². The van der Waals surface area contributed by atoms with E-state index in [-0.39, 0.29) is 36.5 Å². The van der Waals surface area contributed by atoms with E-state index in [0.29, 0.717) is 42.8 Å². The molecule has 2 fully saturated rings. The third-order valence-corrected chi connectivity index (χ3v) is 8.00. The van der Waals surface area contributed by atoms with Crippen LogP contribution in [0.5, 0.6) is 5.75 Å². The minimum Gasteiger partial charge on any atom is -0.483 e. The van der Waals surface area contributed by atoms with Crippen molar-refractivity contribution in [2.45, 2.75) is 70.3 Å². The molecule has 8 heteroatoms. The van der Waals surface area contributed by atoms with E-state index in [1.165, 1.54) is 0 Å². The number of piperidine rings is 1. The summed E-state index contributed by atoms with van der Waals surface area (Å²) in [6.45, 7) is 2.63. The third-order valence-electron chi connectivity index (χ3n) is 8.00. The van der Waals surface area contributed by atoms with Gasteiger partial charge in [-0.1, -0.05) is 12.8 Å². The molecule has 2 N–H and O–H groups in total. The van der Waals surface area contributed by atoms with Crippen molar-refractivity contribution in [1.82, 2.24) is 10.2 Å². The van der Waals surface area contributed by atoms with E-state index < -0.39 is 5.60 Å². The van der Waals surface area contributed by atoms with Crippen LogP contribution in [0.4, 0.5) is 0 Å². The Morgan fingerprint density at radius 1 is 1.17 bits per heavy atom.